The van der Waals surface area contributed by atoms with Gasteiger partial charge >= 0.3 is 0 Å². The van der Waals surface area contributed by atoms with Crippen molar-refractivity contribution in [2.45, 2.75) is 19.4 Å². The molecule has 1 rings (SSSR count). The fraction of sp³-hybridized carbons (Fsp3) is 0.500. The number of amides is 1. The van der Waals surface area contributed by atoms with Crippen LogP contribution in [-0.4, -0.2) is 28.2 Å². The molecule has 15 heavy (non-hydrogen) atoms. The summed E-state index contributed by atoms with van der Waals surface area (Å²) in [5.74, 6) is -0.213. The van der Waals surface area contributed by atoms with E-state index in [0.29, 0.717) is 17.8 Å². The van der Waals surface area contributed by atoms with Crippen molar-refractivity contribution in [2.24, 2.45) is 7.05 Å². The van der Waals surface area contributed by atoms with Crippen LogP contribution in [0.2, 0.25) is 0 Å². The number of carbonyl (C=O) groups excluding carboxylic acids is 1. The van der Waals surface area contributed by atoms with E-state index in [-0.39, 0.29) is 18.6 Å². The standard InChI is InChI=1S/C10H17N3O2/c1-3-8(6-14)12-10(15)9-4-7(11)5-13(9)2/h4-5,8,14H,3,6,11H2,1-2H3,(H,12,15). The third-order valence-corrected chi connectivity index (χ3v) is 2.31. The summed E-state index contributed by atoms with van der Waals surface area (Å²) in [6.07, 6.45) is 2.37. The molecule has 0 saturated carbocycles. The lowest BCUT2D eigenvalue weighted by Gasteiger charge is -2.13. The zero-order chi connectivity index (χ0) is 11.4. The lowest BCUT2D eigenvalue weighted by molar-refractivity contribution is 0.0906. The molecule has 5 nitrogen and oxygen atoms in total. The molecule has 0 aliphatic carbocycles. The number of aliphatic hydroxyl groups excluding tert-OH is 1. The molecule has 5 heteroatoms. The van der Waals surface area contributed by atoms with Gasteiger partial charge in [-0.05, 0) is 12.5 Å². The van der Waals surface area contributed by atoms with Crippen LogP contribution in [0.4, 0.5) is 5.69 Å². The number of nitrogens with zero attached hydrogens (tertiary/aromatic N) is 1. The number of anilines is 1. The van der Waals surface area contributed by atoms with Crippen LogP contribution in [0.15, 0.2) is 12.3 Å². The minimum Gasteiger partial charge on any atom is -0.397 e. The first-order chi connectivity index (χ1) is 7.08. The maximum absolute atomic E-state index is 11.7. The van der Waals surface area contributed by atoms with Gasteiger partial charge in [0.1, 0.15) is 5.69 Å². The number of nitrogens with two attached hydrogens (primary N) is 1. The maximum Gasteiger partial charge on any atom is 0.268 e. The number of nitrogen functional groups attached to an aromatic ring is 1. The summed E-state index contributed by atoms with van der Waals surface area (Å²) in [5.41, 5.74) is 6.62. The summed E-state index contributed by atoms with van der Waals surface area (Å²) in [7, 11) is 1.76. The molecule has 0 saturated heterocycles. The molecule has 1 heterocycles. The molecule has 1 amide bonds. The van der Waals surface area contributed by atoms with Gasteiger partial charge < -0.3 is 20.7 Å². The first-order valence-electron chi connectivity index (χ1n) is 4.92. The van der Waals surface area contributed by atoms with Crippen LogP contribution in [0.5, 0.6) is 0 Å². The van der Waals surface area contributed by atoms with Gasteiger partial charge in [-0.1, -0.05) is 6.92 Å². The molecule has 1 aromatic heterocycles. The van der Waals surface area contributed by atoms with Gasteiger partial charge in [-0.3, -0.25) is 4.79 Å². The second-order valence-electron chi connectivity index (χ2n) is 3.53. The number of nitrogens with one attached hydrogen (secondary N) is 1. The minimum absolute atomic E-state index is 0.0534. The minimum atomic E-state index is -0.213. The molecule has 1 unspecified atom stereocenters. The maximum atomic E-state index is 11.7. The van der Waals surface area contributed by atoms with E-state index in [4.69, 9.17) is 10.8 Å². The van der Waals surface area contributed by atoms with E-state index in [9.17, 15) is 4.79 Å². The molecule has 0 spiro atoms. The Bertz CT molecular complexity index is 342. The highest BCUT2D eigenvalue weighted by atomic mass is 16.3. The Hall–Kier alpha value is -1.49. The van der Waals surface area contributed by atoms with Crippen molar-refractivity contribution < 1.29 is 9.90 Å². The van der Waals surface area contributed by atoms with Crippen LogP contribution >= 0.6 is 0 Å². The van der Waals surface area contributed by atoms with E-state index >= 15 is 0 Å². The Labute approximate surface area is 88.9 Å². The van der Waals surface area contributed by atoms with Gasteiger partial charge in [-0.15, -0.1) is 0 Å². The molecule has 84 valence electrons. The zero-order valence-corrected chi connectivity index (χ0v) is 9.03. The van der Waals surface area contributed by atoms with Crippen molar-refractivity contribution in [1.29, 1.82) is 0 Å². The lowest BCUT2D eigenvalue weighted by Crippen LogP contribution is -2.37. The first-order valence-corrected chi connectivity index (χ1v) is 4.92. The number of rotatable bonds is 4. The van der Waals surface area contributed by atoms with Crippen molar-refractivity contribution in [2.75, 3.05) is 12.3 Å². The van der Waals surface area contributed by atoms with Gasteiger partial charge in [-0.25, -0.2) is 0 Å². The van der Waals surface area contributed by atoms with E-state index in [1.165, 1.54) is 0 Å². The van der Waals surface area contributed by atoms with Crippen LogP contribution in [-0.2, 0) is 7.05 Å². The van der Waals surface area contributed by atoms with E-state index in [0.717, 1.165) is 0 Å². The van der Waals surface area contributed by atoms with Crippen molar-refractivity contribution in [3.05, 3.63) is 18.0 Å². The predicted octanol–water partition coefficient (Wildman–Crippen LogP) is 0.108. The summed E-state index contributed by atoms with van der Waals surface area (Å²) in [6, 6.07) is 1.41. The third-order valence-electron chi connectivity index (χ3n) is 2.31. The zero-order valence-electron chi connectivity index (χ0n) is 9.03. The Morgan fingerprint density at radius 1 is 1.73 bits per heavy atom. The molecule has 0 aromatic carbocycles. The first kappa shape index (κ1) is 11.6. The molecular formula is C10H17N3O2. The molecule has 0 radical (unpaired) electrons. The topological polar surface area (TPSA) is 80.3 Å². The summed E-state index contributed by atoms with van der Waals surface area (Å²) >= 11 is 0. The van der Waals surface area contributed by atoms with Gasteiger partial charge in [0.2, 0.25) is 0 Å². The SMILES string of the molecule is CCC(CO)NC(=O)c1cc(N)cn1C. The fourth-order valence-corrected chi connectivity index (χ4v) is 1.35. The normalized spacial score (nSPS) is 12.5. The second-order valence-corrected chi connectivity index (χ2v) is 3.53. The van der Waals surface area contributed by atoms with Gasteiger partial charge in [0.05, 0.1) is 18.3 Å². The number of aromatic nitrogens is 1. The van der Waals surface area contributed by atoms with Crippen molar-refractivity contribution in [3.63, 3.8) is 0 Å². The quantitative estimate of drug-likeness (QED) is 0.661. The average Bonchev–Trinajstić information content (AvgIpc) is 2.54. The number of hydrogen-bond donors (Lipinski definition) is 3. The van der Waals surface area contributed by atoms with E-state index in [2.05, 4.69) is 5.32 Å². The second kappa shape index (κ2) is 4.84. The summed E-state index contributed by atoms with van der Waals surface area (Å²) in [5, 5.41) is 11.7. The van der Waals surface area contributed by atoms with E-state index in [1.807, 2.05) is 6.92 Å². The van der Waals surface area contributed by atoms with Crippen LogP contribution in [0.3, 0.4) is 0 Å². The number of aliphatic hydroxyl groups is 1. The molecule has 1 aromatic rings. The highest BCUT2D eigenvalue weighted by Gasteiger charge is 2.14. The molecule has 0 bridgehead atoms. The van der Waals surface area contributed by atoms with E-state index in [1.54, 1.807) is 23.9 Å². The van der Waals surface area contributed by atoms with Crippen molar-refractivity contribution in [1.82, 2.24) is 9.88 Å². The van der Waals surface area contributed by atoms with Gasteiger partial charge in [0.25, 0.3) is 5.91 Å². The van der Waals surface area contributed by atoms with Crippen LogP contribution in [0, 0.1) is 0 Å². The summed E-state index contributed by atoms with van der Waals surface area (Å²) in [4.78, 5) is 11.7. The fourth-order valence-electron chi connectivity index (χ4n) is 1.35. The monoisotopic (exact) mass is 211 g/mol. The molecule has 0 aliphatic heterocycles. The number of aryl methyl sites for hydroxylation is 1. The largest absolute Gasteiger partial charge is 0.397 e. The van der Waals surface area contributed by atoms with Crippen LogP contribution in [0.1, 0.15) is 23.8 Å². The molecule has 4 N–H and O–H groups in total. The van der Waals surface area contributed by atoms with E-state index < -0.39 is 0 Å². The number of hydrogen-bond acceptors (Lipinski definition) is 3. The van der Waals surface area contributed by atoms with Crippen molar-refractivity contribution >= 4 is 11.6 Å². The summed E-state index contributed by atoms with van der Waals surface area (Å²) in [6.45, 7) is 1.85. The summed E-state index contributed by atoms with van der Waals surface area (Å²) < 4.78 is 1.66. The highest BCUT2D eigenvalue weighted by molar-refractivity contribution is 5.93. The Morgan fingerprint density at radius 3 is 2.80 bits per heavy atom. The Morgan fingerprint density at radius 2 is 2.40 bits per heavy atom. The van der Waals surface area contributed by atoms with Crippen LogP contribution in [0.25, 0.3) is 0 Å². The van der Waals surface area contributed by atoms with Gasteiger partial charge in [0.15, 0.2) is 0 Å². The van der Waals surface area contributed by atoms with Crippen LogP contribution < -0.4 is 11.1 Å². The lowest BCUT2D eigenvalue weighted by atomic mass is 10.2. The highest BCUT2D eigenvalue weighted by Crippen LogP contribution is 2.08. The molecular weight excluding hydrogens is 194 g/mol. The Balaban J connectivity index is 2.72. The predicted molar refractivity (Wildman–Crippen MR) is 58.5 cm³/mol. The van der Waals surface area contributed by atoms with Gasteiger partial charge in [0, 0.05) is 13.2 Å². The van der Waals surface area contributed by atoms with Gasteiger partial charge in [-0.2, -0.15) is 0 Å². The smallest absolute Gasteiger partial charge is 0.268 e. The number of carbonyl (C=O) groups is 1. The molecule has 1 atom stereocenters. The Kier molecular flexibility index (Phi) is 3.74. The average molecular weight is 211 g/mol. The van der Waals surface area contributed by atoms with Crippen molar-refractivity contribution in [3.8, 4) is 0 Å². The third kappa shape index (κ3) is 2.73. The molecule has 0 fully saturated rings. The molecule has 0 aliphatic rings.